The number of ether oxygens (including phenoxy) is 2. The molecule has 0 aliphatic heterocycles. The first-order valence-corrected chi connectivity index (χ1v) is 7.79. The van der Waals surface area contributed by atoms with Gasteiger partial charge in [-0.1, -0.05) is 26.0 Å². The molecule has 2 rings (SSSR count). The molecule has 0 aliphatic carbocycles. The Morgan fingerprint density at radius 3 is 2.22 bits per heavy atom. The first-order valence-electron chi connectivity index (χ1n) is 7.79. The smallest absolute Gasteiger partial charge is 0.262 e. The summed E-state index contributed by atoms with van der Waals surface area (Å²) in [6, 6.07) is 15.1. The van der Waals surface area contributed by atoms with Crippen molar-refractivity contribution < 1.29 is 14.3 Å². The lowest BCUT2D eigenvalue weighted by Gasteiger charge is -2.11. The summed E-state index contributed by atoms with van der Waals surface area (Å²) in [6.45, 7) is 4.34. The van der Waals surface area contributed by atoms with Crippen LogP contribution in [0.2, 0.25) is 0 Å². The predicted molar refractivity (Wildman–Crippen MR) is 92.3 cm³/mol. The first kappa shape index (κ1) is 16.9. The average molecular weight is 313 g/mol. The second-order valence-electron chi connectivity index (χ2n) is 5.44. The van der Waals surface area contributed by atoms with Gasteiger partial charge in [0.05, 0.1) is 7.11 Å². The van der Waals surface area contributed by atoms with E-state index in [4.69, 9.17) is 9.47 Å². The highest BCUT2D eigenvalue weighted by atomic mass is 16.5. The normalized spacial score (nSPS) is 11.6. The van der Waals surface area contributed by atoms with Gasteiger partial charge in [0.2, 0.25) is 0 Å². The quantitative estimate of drug-likeness (QED) is 0.832. The van der Waals surface area contributed by atoms with Crippen molar-refractivity contribution in [1.29, 1.82) is 0 Å². The fourth-order valence-electron chi connectivity index (χ4n) is 2.15. The van der Waals surface area contributed by atoms with Crippen molar-refractivity contribution in [1.82, 2.24) is 0 Å². The van der Waals surface area contributed by atoms with Gasteiger partial charge in [-0.05, 0) is 54.3 Å². The molecule has 23 heavy (non-hydrogen) atoms. The van der Waals surface area contributed by atoms with Crippen LogP contribution in [0.1, 0.15) is 31.7 Å². The second-order valence-corrected chi connectivity index (χ2v) is 5.44. The fourth-order valence-corrected chi connectivity index (χ4v) is 2.15. The molecule has 0 bridgehead atoms. The van der Waals surface area contributed by atoms with E-state index in [9.17, 15) is 4.79 Å². The molecule has 0 fully saturated rings. The molecule has 4 heteroatoms. The first-order chi connectivity index (χ1) is 11.1. The van der Waals surface area contributed by atoms with Gasteiger partial charge in [-0.3, -0.25) is 4.79 Å². The minimum atomic E-state index is -0.193. The minimum absolute atomic E-state index is 0.0191. The van der Waals surface area contributed by atoms with E-state index >= 15 is 0 Å². The minimum Gasteiger partial charge on any atom is -0.497 e. The Morgan fingerprint density at radius 2 is 1.65 bits per heavy atom. The summed E-state index contributed by atoms with van der Waals surface area (Å²) in [5.41, 5.74) is 1.99. The number of hydrogen-bond acceptors (Lipinski definition) is 3. The van der Waals surface area contributed by atoms with Crippen LogP contribution in [0.4, 0.5) is 5.69 Å². The lowest BCUT2D eigenvalue weighted by Crippen LogP contribution is -2.20. The molecule has 0 saturated heterocycles. The van der Waals surface area contributed by atoms with E-state index in [2.05, 4.69) is 19.2 Å². The maximum Gasteiger partial charge on any atom is 0.262 e. The molecule has 0 unspecified atom stereocenters. The van der Waals surface area contributed by atoms with Gasteiger partial charge in [0.25, 0.3) is 5.91 Å². The van der Waals surface area contributed by atoms with Gasteiger partial charge in [-0.2, -0.15) is 0 Å². The van der Waals surface area contributed by atoms with Crippen LogP contribution in [-0.2, 0) is 4.79 Å². The lowest BCUT2D eigenvalue weighted by atomic mass is 9.99. The molecule has 2 aromatic carbocycles. The number of amides is 1. The van der Waals surface area contributed by atoms with Crippen LogP contribution in [0.15, 0.2) is 48.5 Å². The Hall–Kier alpha value is -2.49. The van der Waals surface area contributed by atoms with Crippen molar-refractivity contribution in [3.8, 4) is 11.5 Å². The summed E-state index contributed by atoms with van der Waals surface area (Å²) in [5, 5.41) is 2.78. The number of anilines is 1. The molecule has 0 aliphatic rings. The molecule has 1 N–H and O–H groups in total. The van der Waals surface area contributed by atoms with Crippen LogP contribution in [0.25, 0.3) is 0 Å². The Morgan fingerprint density at radius 1 is 1.04 bits per heavy atom. The van der Waals surface area contributed by atoms with E-state index in [1.807, 2.05) is 24.3 Å². The van der Waals surface area contributed by atoms with Crippen molar-refractivity contribution in [2.45, 2.75) is 26.2 Å². The number of benzene rings is 2. The van der Waals surface area contributed by atoms with Crippen LogP contribution in [0.5, 0.6) is 11.5 Å². The summed E-state index contributed by atoms with van der Waals surface area (Å²) in [5.74, 6) is 1.78. The topological polar surface area (TPSA) is 47.6 Å². The summed E-state index contributed by atoms with van der Waals surface area (Å²) < 4.78 is 10.6. The molecule has 0 heterocycles. The third kappa shape index (κ3) is 5.02. The molecule has 0 spiro atoms. The van der Waals surface area contributed by atoms with Crippen LogP contribution in [0.3, 0.4) is 0 Å². The van der Waals surface area contributed by atoms with E-state index in [0.29, 0.717) is 17.4 Å². The van der Waals surface area contributed by atoms with Crippen LogP contribution in [-0.4, -0.2) is 19.6 Å². The Kier molecular flexibility index (Phi) is 6.03. The Bertz CT molecular complexity index is 620. The fraction of sp³-hybridized carbons (Fsp3) is 0.316. The molecule has 4 nitrogen and oxygen atoms in total. The van der Waals surface area contributed by atoms with Crippen LogP contribution >= 0.6 is 0 Å². The van der Waals surface area contributed by atoms with Gasteiger partial charge >= 0.3 is 0 Å². The van der Waals surface area contributed by atoms with E-state index in [1.54, 1.807) is 31.4 Å². The molecule has 0 saturated carbocycles. The van der Waals surface area contributed by atoms with Gasteiger partial charge in [-0.15, -0.1) is 0 Å². The number of carbonyl (C=O) groups is 1. The SMILES string of the molecule is CC[C@@H](C)c1ccc(OCC(=O)Nc2ccc(OC)cc2)cc1. The average Bonchev–Trinajstić information content (AvgIpc) is 2.60. The third-order valence-corrected chi connectivity index (χ3v) is 3.81. The second kappa shape index (κ2) is 8.22. The highest BCUT2D eigenvalue weighted by molar-refractivity contribution is 5.91. The molecule has 2 aromatic rings. The number of hydrogen-bond donors (Lipinski definition) is 1. The van der Waals surface area contributed by atoms with Crippen molar-refractivity contribution >= 4 is 11.6 Å². The monoisotopic (exact) mass is 313 g/mol. The number of rotatable bonds is 7. The zero-order valence-corrected chi connectivity index (χ0v) is 13.8. The summed E-state index contributed by atoms with van der Waals surface area (Å²) in [6.07, 6.45) is 1.10. The molecule has 122 valence electrons. The summed E-state index contributed by atoms with van der Waals surface area (Å²) in [4.78, 5) is 11.9. The number of nitrogens with one attached hydrogen (secondary N) is 1. The van der Waals surface area contributed by atoms with Gasteiger partial charge in [0.15, 0.2) is 6.61 Å². The Labute approximate surface area is 137 Å². The Balaban J connectivity index is 1.83. The zero-order chi connectivity index (χ0) is 16.7. The highest BCUT2D eigenvalue weighted by Gasteiger charge is 2.06. The molecule has 1 atom stereocenters. The number of carbonyl (C=O) groups excluding carboxylic acids is 1. The van der Waals surface area contributed by atoms with Crippen molar-refractivity contribution in [2.24, 2.45) is 0 Å². The summed E-state index contributed by atoms with van der Waals surface area (Å²) in [7, 11) is 1.61. The third-order valence-electron chi connectivity index (χ3n) is 3.81. The number of methoxy groups -OCH3 is 1. The largest absolute Gasteiger partial charge is 0.497 e. The molecule has 1 amide bonds. The van der Waals surface area contributed by atoms with E-state index in [0.717, 1.165) is 12.2 Å². The van der Waals surface area contributed by atoms with E-state index in [-0.39, 0.29) is 12.5 Å². The van der Waals surface area contributed by atoms with Crippen LogP contribution < -0.4 is 14.8 Å². The molecular weight excluding hydrogens is 290 g/mol. The van der Waals surface area contributed by atoms with Gasteiger partial charge in [0, 0.05) is 5.69 Å². The zero-order valence-electron chi connectivity index (χ0n) is 13.8. The lowest BCUT2D eigenvalue weighted by molar-refractivity contribution is -0.118. The molecule has 0 aromatic heterocycles. The van der Waals surface area contributed by atoms with Crippen molar-refractivity contribution in [3.63, 3.8) is 0 Å². The van der Waals surface area contributed by atoms with E-state index < -0.39 is 0 Å². The highest BCUT2D eigenvalue weighted by Crippen LogP contribution is 2.21. The van der Waals surface area contributed by atoms with Crippen molar-refractivity contribution in [2.75, 3.05) is 19.0 Å². The molecular formula is C19H23NO3. The maximum atomic E-state index is 11.9. The van der Waals surface area contributed by atoms with Gasteiger partial charge < -0.3 is 14.8 Å². The van der Waals surface area contributed by atoms with E-state index in [1.165, 1.54) is 5.56 Å². The predicted octanol–water partition coefficient (Wildman–Crippen LogP) is 4.23. The maximum absolute atomic E-state index is 11.9. The summed E-state index contributed by atoms with van der Waals surface area (Å²) >= 11 is 0. The standard InChI is InChI=1S/C19H23NO3/c1-4-14(2)15-5-9-18(10-6-15)23-13-19(21)20-16-7-11-17(22-3)12-8-16/h5-12,14H,4,13H2,1-3H3,(H,20,21)/t14-/m1/s1. The van der Waals surface area contributed by atoms with Gasteiger partial charge in [-0.25, -0.2) is 0 Å². The molecule has 0 radical (unpaired) electrons. The van der Waals surface area contributed by atoms with Crippen LogP contribution in [0, 0.1) is 0 Å². The van der Waals surface area contributed by atoms with Crippen molar-refractivity contribution in [3.05, 3.63) is 54.1 Å². The van der Waals surface area contributed by atoms with Gasteiger partial charge in [0.1, 0.15) is 11.5 Å².